The maximum absolute atomic E-state index is 13.8. The molecule has 0 unspecified atom stereocenters. The zero-order valence-corrected chi connectivity index (χ0v) is 23.9. The summed E-state index contributed by atoms with van der Waals surface area (Å²) < 4.78 is 7.18. The van der Waals surface area contributed by atoms with Gasteiger partial charge in [-0.15, -0.1) is 23.1 Å². The van der Waals surface area contributed by atoms with E-state index >= 15 is 0 Å². The molecule has 0 radical (unpaired) electrons. The van der Waals surface area contributed by atoms with Crippen LogP contribution in [-0.4, -0.2) is 33.9 Å². The normalized spacial score (nSPS) is 15.1. The lowest BCUT2D eigenvalue weighted by Gasteiger charge is -2.23. The second kappa shape index (κ2) is 11.4. The molecule has 202 valence electrons. The minimum absolute atomic E-state index is 0.156. The van der Waals surface area contributed by atoms with Gasteiger partial charge in [-0.1, -0.05) is 48.0 Å². The summed E-state index contributed by atoms with van der Waals surface area (Å²) in [5, 5.41) is 10.4. The average molecular weight is 589 g/mol. The number of fused-ring (bicyclic) bond motifs is 1. The van der Waals surface area contributed by atoms with Gasteiger partial charge in [0.15, 0.2) is 0 Å². The van der Waals surface area contributed by atoms with E-state index in [1.165, 1.54) is 11.8 Å². The van der Waals surface area contributed by atoms with Crippen molar-refractivity contribution in [3.05, 3.63) is 112 Å². The standard InChI is InChI=1S/C30H25ClN4O3S2/c1-19-7-2-3-11-23(19)35-30-27(28(33-35)24-12-6-14-39-24)29(20-8-4-9-21(31)15-20)40-18-26(37)34(30)17-25(36)32-16-22-10-5-13-38-22/h2-15,29H,16-18H2,1H3,(H,32,36)/t29-/m0/s1. The summed E-state index contributed by atoms with van der Waals surface area (Å²) in [6.07, 6.45) is 1.56. The summed E-state index contributed by atoms with van der Waals surface area (Å²) in [6, 6.07) is 23.2. The molecule has 1 atom stereocenters. The minimum Gasteiger partial charge on any atom is -0.467 e. The zero-order chi connectivity index (χ0) is 27.6. The van der Waals surface area contributed by atoms with E-state index in [1.807, 2.05) is 77.6 Å². The third-order valence-electron chi connectivity index (χ3n) is 6.68. The van der Waals surface area contributed by atoms with E-state index in [-0.39, 0.29) is 35.9 Å². The summed E-state index contributed by atoms with van der Waals surface area (Å²) >= 11 is 9.54. The molecule has 7 nitrogen and oxygen atoms in total. The van der Waals surface area contributed by atoms with Crippen molar-refractivity contribution < 1.29 is 14.0 Å². The Kier molecular flexibility index (Phi) is 7.51. The van der Waals surface area contributed by atoms with Crippen molar-refractivity contribution in [2.75, 3.05) is 17.2 Å². The van der Waals surface area contributed by atoms with Gasteiger partial charge in [0, 0.05) is 10.6 Å². The van der Waals surface area contributed by atoms with Gasteiger partial charge in [-0.2, -0.15) is 5.10 Å². The Morgan fingerprint density at radius 3 is 2.75 bits per heavy atom. The third-order valence-corrected chi connectivity index (χ3v) is 9.05. The number of aromatic nitrogens is 2. The number of halogens is 1. The van der Waals surface area contributed by atoms with Gasteiger partial charge in [-0.05, 0) is 59.8 Å². The number of nitrogens with zero attached hydrogens (tertiary/aromatic N) is 3. The molecule has 1 aliphatic heterocycles. The molecule has 0 bridgehead atoms. The third kappa shape index (κ3) is 5.20. The molecule has 0 saturated carbocycles. The van der Waals surface area contributed by atoms with Gasteiger partial charge >= 0.3 is 0 Å². The van der Waals surface area contributed by atoms with Crippen LogP contribution in [0, 0.1) is 6.92 Å². The van der Waals surface area contributed by atoms with Crippen molar-refractivity contribution in [2.24, 2.45) is 0 Å². The van der Waals surface area contributed by atoms with Crippen molar-refractivity contribution in [3.63, 3.8) is 0 Å². The van der Waals surface area contributed by atoms with Gasteiger partial charge in [-0.3, -0.25) is 14.5 Å². The number of carbonyl (C=O) groups is 2. The summed E-state index contributed by atoms with van der Waals surface area (Å²) in [7, 11) is 0. The largest absolute Gasteiger partial charge is 0.467 e. The predicted octanol–water partition coefficient (Wildman–Crippen LogP) is 6.64. The molecule has 1 N–H and O–H groups in total. The fraction of sp³-hybridized carbons (Fsp3) is 0.167. The predicted molar refractivity (Wildman–Crippen MR) is 160 cm³/mol. The number of hydrogen-bond acceptors (Lipinski definition) is 6. The summed E-state index contributed by atoms with van der Waals surface area (Å²) in [6.45, 7) is 2.09. The fourth-order valence-electron chi connectivity index (χ4n) is 4.81. The van der Waals surface area contributed by atoms with E-state index in [2.05, 4.69) is 5.32 Å². The first-order valence-electron chi connectivity index (χ1n) is 12.7. The Labute approximate surface area is 244 Å². The number of amides is 2. The van der Waals surface area contributed by atoms with Crippen LogP contribution in [0.2, 0.25) is 5.02 Å². The first-order chi connectivity index (χ1) is 19.5. The van der Waals surface area contributed by atoms with Crippen molar-refractivity contribution >= 4 is 52.3 Å². The molecule has 6 rings (SSSR count). The molecule has 40 heavy (non-hydrogen) atoms. The van der Waals surface area contributed by atoms with Crippen LogP contribution in [0.1, 0.15) is 27.7 Å². The Bertz CT molecular complexity index is 1660. The van der Waals surface area contributed by atoms with Crippen LogP contribution in [0.3, 0.4) is 0 Å². The Hall–Kier alpha value is -3.79. The van der Waals surface area contributed by atoms with Crippen LogP contribution in [0.5, 0.6) is 0 Å². The van der Waals surface area contributed by atoms with Gasteiger partial charge in [-0.25, -0.2) is 4.68 Å². The lowest BCUT2D eigenvalue weighted by molar-refractivity contribution is -0.123. The molecule has 0 spiro atoms. The van der Waals surface area contributed by atoms with Crippen molar-refractivity contribution in [1.82, 2.24) is 15.1 Å². The van der Waals surface area contributed by atoms with Crippen LogP contribution in [-0.2, 0) is 16.1 Å². The van der Waals surface area contributed by atoms with Gasteiger partial charge in [0.2, 0.25) is 11.8 Å². The highest BCUT2D eigenvalue weighted by atomic mass is 35.5. The zero-order valence-electron chi connectivity index (χ0n) is 21.5. The van der Waals surface area contributed by atoms with E-state index in [0.717, 1.165) is 32.9 Å². The lowest BCUT2D eigenvalue weighted by Crippen LogP contribution is -2.42. The van der Waals surface area contributed by atoms with E-state index in [1.54, 1.807) is 34.6 Å². The van der Waals surface area contributed by atoms with Crippen molar-refractivity contribution in [3.8, 4) is 16.3 Å². The molecule has 2 aromatic carbocycles. The second-order valence-electron chi connectivity index (χ2n) is 9.34. The average Bonchev–Trinajstić information content (AvgIpc) is 3.72. The fourth-order valence-corrected chi connectivity index (χ4v) is 6.92. The monoisotopic (exact) mass is 588 g/mol. The van der Waals surface area contributed by atoms with Gasteiger partial charge in [0.1, 0.15) is 23.8 Å². The van der Waals surface area contributed by atoms with Gasteiger partial charge in [0.25, 0.3) is 0 Å². The number of carbonyl (C=O) groups excluding carboxylic acids is 2. The molecule has 0 fully saturated rings. The smallest absolute Gasteiger partial charge is 0.240 e. The molecule has 2 amide bonds. The quantitative estimate of drug-likeness (QED) is 0.230. The van der Waals surface area contributed by atoms with E-state index in [9.17, 15) is 9.59 Å². The maximum atomic E-state index is 13.8. The SMILES string of the molecule is Cc1ccccc1-n1nc(-c2cccs2)c2c1N(CC(=O)NCc1ccco1)C(=O)CS[C@H]2c1cccc(Cl)c1. The highest BCUT2D eigenvalue weighted by Gasteiger charge is 2.38. The van der Waals surface area contributed by atoms with Crippen molar-refractivity contribution in [1.29, 1.82) is 0 Å². The minimum atomic E-state index is -0.294. The van der Waals surface area contributed by atoms with Crippen LogP contribution in [0.15, 0.2) is 88.9 Å². The number of hydrogen-bond donors (Lipinski definition) is 1. The molecular formula is C30H25ClN4O3S2. The van der Waals surface area contributed by atoms with Crippen LogP contribution >= 0.6 is 34.7 Å². The molecule has 1 aliphatic rings. The second-order valence-corrected chi connectivity index (χ2v) is 11.8. The Morgan fingerprint density at radius 1 is 1.12 bits per heavy atom. The van der Waals surface area contributed by atoms with Crippen molar-refractivity contribution in [2.45, 2.75) is 18.7 Å². The van der Waals surface area contributed by atoms with Gasteiger partial charge in [0.05, 0.1) is 34.4 Å². The molecule has 0 aliphatic carbocycles. The van der Waals surface area contributed by atoms with Crippen LogP contribution < -0.4 is 10.2 Å². The number of thiophene rings is 1. The molecule has 3 aromatic heterocycles. The van der Waals surface area contributed by atoms with Crippen LogP contribution in [0.4, 0.5) is 5.82 Å². The van der Waals surface area contributed by atoms with E-state index in [4.69, 9.17) is 21.1 Å². The Balaban J connectivity index is 1.53. The summed E-state index contributed by atoms with van der Waals surface area (Å²) in [5.41, 5.74) is 4.46. The number of benzene rings is 2. The highest BCUT2D eigenvalue weighted by molar-refractivity contribution is 8.00. The molecule has 5 aromatic rings. The van der Waals surface area contributed by atoms with E-state index < -0.39 is 0 Å². The first kappa shape index (κ1) is 26.4. The lowest BCUT2D eigenvalue weighted by atomic mass is 10.0. The van der Waals surface area contributed by atoms with E-state index in [0.29, 0.717) is 16.6 Å². The summed E-state index contributed by atoms with van der Waals surface area (Å²) in [4.78, 5) is 29.6. The number of nitrogens with one attached hydrogen (secondary N) is 1. The number of para-hydroxylation sites is 1. The number of thioether (sulfide) groups is 1. The topological polar surface area (TPSA) is 80.4 Å². The first-order valence-corrected chi connectivity index (χ1v) is 15.0. The highest BCUT2D eigenvalue weighted by Crippen LogP contribution is 2.49. The van der Waals surface area contributed by atoms with Crippen LogP contribution in [0.25, 0.3) is 16.3 Å². The number of anilines is 1. The molecular weight excluding hydrogens is 564 g/mol. The number of rotatable bonds is 7. The van der Waals surface area contributed by atoms with Gasteiger partial charge < -0.3 is 9.73 Å². The molecule has 0 saturated heterocycles. The summed E-state index contributed by atoms with van der Waals surface area (Å²) in [5.74, 6) is 0.951. The maximum Gasteiger partial charge on any atom is 0.240 e. The molecule has 4 heterocycles. The Morgan fingerprint density at radius 2 is 2.00 bits per heavy atom. The number of furan rings is 1. The number of aryl methyl sites for hydroxylation is 1. The molecule has 10 heteroatoms.